The van der Waals surface area contributed by atoms with Crippen LogP contribution in [0.15, 0.2) is 55.1 Å². The molecule has 0 saturated carbocycles. The van der Waals surface area contributed by atoms with E-state index in [0.717, 1.165) is 31.6 Å². The van der Waals surface area contributed by atoms with Crippen molar-refractivity contribution in [2.75, 3.05) is 13.7 Å². The highest BCUT2D eigenvalue weighted by Gasteiger charge is 2.32. The average Bonchev–Trinajstić information content (AvgIpc) is 3.12. The summed E-state index contributed by atoms with van der Waals surface area (Å²) in [4.78, 5) is 19.9. The molecule has 0 spiro atoms. The van der Waals surface area contributed by atoms with Crippen LogP contribution in [0.25, 0.3) is 11.1 Å². The number of rotatable bonds is 4. The molecule has 1 amide bonds. The predicted octanol–water partition coefficient (Wildman–Crippen LogP) is 5.44. The van der Waals surface area contributed by atoms with Gasteiger partial charge in [0.2, 0.25) is 11.8 Å². The number of ether oxygens (including phenoxy) is 1. The number of carbonyl (C=O) groups excluding carboxylic acids is 1. The molecule has 0 aliphatic carbocycles. The lowest BCUT2D eigenvalue weighted by atomic mass is 9.84. The Morgan fingerprint density at radius 3 is 2.83 bits per heavy atom. The summed E-state index contributed by atoms with van der Waals surface area (Å²) in [5, 5.41) is 0. The lowest BCUT2D eigenvalue weighted by Crippen LogP contribution is -2.37. The summed E-state index contributed by atoms with van der Waals surface area (Å²) in [7, 11) is 1.63. The standard InChI is InChI=1S/C23H21ClN2O2S/c1-4-22(27)26-12-19(18-11-21(24)29-20(18)13-26)16-8-6-5-7-15(16)17-10-9-14(2)25-23(17)28-3/h4-11,19H,1,12-13H2,2-3H3/t19-/m1/s1. The SMILES string of the molecule is C=CC(=O)N1Cc2sc(Cl)cc2[C@@H](c2ccccc2-c2ccc(C)nc2OC)C1. The van der Waals surface area contributed by atoms with Crippen molar-refractivity contribution in [3.05, 3.63) is 81.2 Å². The maximum atomic E-state index is 12.4. The third kappa shape index (κ3) is 3.68. The molecule has 0 bridgehead atoms. The first-order chi connectivity index (χ1) is 14.0. The Bertz CT molecular complexity index is 1090. The van der Waals surface area contributed by atoms with Crippen molar-refractivity contribution in [3.8, 4) is 17.0 Å². The number of hydrogen-bond acceptors (Lipinski definition) is 4. The Hall–Kier alpha value is -2.63. The van der Waals surface area contributed by atoms with E-state index in [0.29, 0.717) is 19.0 Å². The molecular formula is C23H21ClN2O2S. The van der Waals surface area contributed by atoms with E-state index >= 15 is 0 Å². The Morgan fingerprint density at radius 1 is 1.28 bits per heavy atom. The second-order valence-electron chi connectivity index (χ2n) is 7.00. The van der Waals surface area contributed by atoms with Gasteiger partial charge in [0.05, 0.1) is 18.0 Å². The number of halogens is 1. The van der Waals surface area contributed by atoms with Gasteiger partial charge in [-0.15, -0.1) is 11.3 Å². The number of pyridine rings is 1. The van der Waals surface area contributed by atoms with Gasteiger partial charge in [-0.05, 0) is 47.9 Å². The van der Waals surface area contributed by atoms with Crippen LogP contribution in [0.1, 0.15) is 27.6 Å². The Kier molecular flexibility index (Phi) is 5.43. The largest absolute Gasteiger partial charge is 0.481 e. The van der Waals surface area contributed by atoms with E-state index in [1.54, 1.807) is 7.11 Å². The summed E-state index contributed by atoms with van der Waals surface area (Å²) in [5.41, 5.74) is 5.18. The van der Waals surface area contributed by atoms with Crippen molar-refractivity contribution in [3.63, 3.8) is 0 Å². The van der Waals surface area contributed by atoms with E-state index in [1.165, 1.54) is 23.0 Å². The van der Waals surface area contributed by atoms with Crippen molar-refractivity contribution < 1.29 is 9.53 Å². The number of aryl methyl sites for hydroxylation is 1. The molecule has 1 atom stereocenters. The molecule has 3 heterocycles. The van der Waals surface area contributed by atoms with Gasteiger partial charge in [-0.25, -0.2) is 4.98 Å². The van der Waals surface area contributed by atoms with E-state index in [2.05, 4.69) is 23.7 Å². The van der Waals surface area contributed by atoms with Gasteiger partial charge in [0.1, 0.15) is 0 Å². The first-order valence-corrected chi connectivity index (χ1v) is 10.5. The number of fused-ring (bicyclic) bond motifs is 1. The molecule has 1 aliphatic heterocycles. The topological polar surface area (TPSA) is 42.4 Å². The molecule has 0 radical (unpaired) electrons. The fraction of sp³-hybridized carbons (Fsp3) is 0.217. The van der Waals surface area contributed by atoms with Gasteiger partial charge >= 0.3 is 0 Å². The van der Waals surface area contributed by atoms with Gasteiger partial charge in [0.25, 0.3) is 0 Å². The van der Waals surface area contributed by atoms with Crippen molar-refractivity contribution in [1.29, 1.82) is 0 Å². The molecule has 1 aliphatic rings. The van der Waals surface area contributed by atoms with Crippen molar-refractivity contribution in [1.82, 2.24) is 9.88 Å². The molecule has 4 rings (SSSR count). The van der Waals surface area contributed by atoms with E-state index in [9.17, 15) is 4.79 Å². The summed E-state index contributed by atoms with van der Waals surface area (Å²) < 4.78 is 6.30. The average molecular weight is 425 g/mol. The summed E-state index contributed by atoms with van der Waals surface area (Å²) >= 11 is 7.88. The lowest BCUT2D eigenvalue weighted by Gasteiger charge is -2.33. The van der Waals surface area contributed by atoms with Crippen LogP contribution in [0, 0.1) is 6.92 Å². The molecule has 0 fully saturated rings. The predicted molar refractivity (Wildman–Crippen MR) is 118 cm³/mol. The molecule has 0 unspecified atom stereocenters. The van der Waals surface area contributed by atoms with Gasteiger partial charge in [-0.2, -0.15) is 0 Å². The molecule has 29 heavy (non-hydrogen) atoms. The normalized spacial score (nSPS) is 15.7. The highest BCUT2D eigenvalue weighted by Crippen LogP contribution is 2.43. The van der Waals surface area contributed by atoms with Crippen molar-refractivity contribution in [2.24, 2.45) is 0 Å². The van der Waals surface area contributed by atoms with Crippen LogP contribution >= 0.6 is 22.9 Å². The molecule has 6 heteroatoms. The van der Waals surface area contributed by atoms with E-state index in [1.807, 2.05) is 42.2 Å². The number of benzene rings is 1. The fourth-order valence-electron chi connectivity index (χ4n) is 3.89. The highest BCUT2D eigenvalue weighted by atomic mass is 35.5. The number of aromatic nitrogens is 1. The molecular weight excluding hydrogens is 404 g/mol. The van der Waals surface area contributed by atoms with Crippen LogP contribution < -0.4 is 4.74 Å². The quantitative estimate of drug-likeness (QED) is 0.523. The second kappa shape index (κ2) is 8.01. The zero-order valence-corrected chi connectivity index (χ0v) is 17.9. The zero-order chi connectivity index (χ0) is 20.5. The third-order valence-electron chi connectivity index (χ3n) is 5.23. The minimum absolute atomic E-state index is 0.00797. The smallest absolute Gasteiger partial charge is 0.246 e. The Balaban J connectivity index is 1.87. The minimum atomic E-state index is -0.0720. The van der Waals surface area contributed by atoms with Crippen LogP contribution in [-0.2, 0) is 11.3 Å². The zero-order valence-electron chi connectivity index (χ0n) is 16.3. The van der Waals surface area contributed by atoms with Crippen LogP contribution in [0.5, 0.6) is 5.88 Å². The first kappa shape index (κ1) is 19.7. The number of carbonyl (C=O) groups is 1. The van der Waals surface area contributed by atoms with Gasteiger partial charge < -0.3 is 9.64 Å². The summed E-state index contributed by atoms with van der Waals surface area (Å²) in [6, 6.07) is 14.3. The Morgan fingerprint density at radius 2 is 2.07 bits per heavy atom. The van der Waals surface area contributed by atoms with Crippen LogP contribution in [0.2, 0.25) is 4.34 Å². The number of methoxy groups -OCH3 is 1. The van der Waals surface area contributed by atoms with E-state index < -0.39 is 0 Å². The molecule has 0 N–H and O–H groups in total. The summed E-state index contributed by atoms with van der Waals surface area (Å²) in [6.45, 7) is 6.73. The molecule has 2 aromatic heterocycles. The molecule has 1 aromatic carbocycles. The fourth-order valence-corrected chi connectivity index (χ4v) is 5.24. The van der Waals surface area contributed by atoms with E-state index in [4.69, 9.17) is 16.3 Å². The maximum absolute atomic E-state index is 12.4. The van der Waals surface area contributed by atoms with E-state index in [-0.39, 0.29) is 11.8 Å². The number of thiophene rings is 1. The molecule has 4 nitrogen and oxygen atoms in total. The van der Waals surface area contributed by atoms with Gasteiger partial charge in [0.15, 0.2) is 0 Å². The summed E-state index contributed by atoms with van der Waals surface area (Å²) in [5.74, 6) is 0.529. The summed E-state index contributed by atoms with van der Waals surface area (Å²) in [6.07, 6.45) is 1.37. The molecule has 148 valence electrons. The van der Waals surface area contributed by atoms with Crippen LogP contribution in [-0.4, -0.2) is 29.4 Å². The second-order valence-corrected chi connectivity index (χ2v) is 8.77. The van der Waals surface area contributed by atoms with Gasteiger partial charge in [-0.3, -0.25) is 4.79 Å². The van der Waals surface area contributed by atoms with Gasteiger partial charge in [-0.1, -0.05) is 42.4 Å². The van der Waals surface area contributed by atoms with Crippen LogP contribution in [0.3, 0.4) is 0 Å². The minimum Gasteiger partial charge on any atom is -0.481 e. The third-order valence-corrected chi connectivity index (χ3v) is 6.49. The number of amides is 1. The highest BCUT2D eigenvalue weighted by molar-refractivity contribution is 7.16. The van der Waals surface area contributed by atoms with Crippen molar-refractivity contribution in [2.45, 2.75) is 19.4 Å². The van der Waals surface area contributed by atoms with Crippen molar-refractivity contribution >= 4 is 28.8 Å². The van der Waals surface area contributed by atoms with Gasteiger partial charge in [0, 0.05) is 28.6 Å². The molecule has 0 saturated heterocycles. The molecule has 3 aromatic rings. The lowest BCUT2D eigenvalue weighted by molar-refractivity contribution is -0.127. The Labute approximate surface area is 179 Å². The monoisotopic (exact) mass is 424 g/mol. The number of hydrogen-bond donors (Lipinski definition) is 0. The van der Waals surface area contributed by atoms with Crippen LogP contribution in [0.4, 0.5) is 0 Å². The number of nitrogens with zero attached hydrogens (tertiary/aromatic N) is 2. The maximum Gasteiger partial charge on any atom is 0.246 e. The first-order valence-electron chi connectivity index (χ1n) is 9.32.